The molecule has 0 fully saturated rings. The van der Waals surface area contributed by atoms with Crippen molar-refractivity contribution in [1.29, 1.82) is 0 Å². The van der Waals surface area contributed by atoms with Gasteiger partial charge in [0.25, 0.3) is 0 Å². The number of hydrogen-bond acceptors (Lipinski definition) is 3. The lowest BCUT2D eigenvalue weighted by Crippen LogP contribution is -2.22. The number of fused-ring (bicyclic) bond motifs is 6. The van der Waals surface area contributed by atoms with Crippen LogP contribution in [0.4, 0.5) is 0 Å². The third kappa shape index (κ3) is 5.62. The van der Waals surface area contributed by atoms with E-state index in [4.69, 9.17) is 9.97 Å². The predicted molar refractivity (Wildman–Crippen MR) is 240 cm³/mol. The molecular weight excluding hydrogens is 709 g/mol. The lowest BCUT2D eigenvalue weighted by molar-refractivity contribution is 0.714. The number of aromatic nitrogens is 2. The average Bonchev–Trinajstić information content (AvgIpc) is 3.79. The van der Waals surface area contributed by atoms with Crippen LogP contribution in [0.15, 0.2) is 200 Å². The summed E-state index contributed by atoms with van der Waals surface area (Å²) in [5, 5.41) is 2.62. The maximum atomic E-state index is 5.12. The Hall–Kier alpha value is -6.94. The maximum Gasteiger partial charge on any atom is 0.160 e. The van der Waals surface area contributed by atoms with Gasteiger partial charge in [-0.15, -0.1) is 11.3 Å². The highest BCUT2D eigenvalue weighted by Gasteiger charge is 2.40. The van der Waals surface area contributed by atoms with Gasteiger partial charge in [-0.05, 0) is 87.3 Å². The Kier molecular flexibility index (Phi) is 7.84. The van der Waals surface area contributed by atoms with Crippen LogP contribution < -0.4 is 0 Å². The van der Waals surface area contributed by atoms with Crippen LogP contribution in [-0.4, -0.2) is 9.97 Å². The summed E-state index contributed by atoms with van der Waals surface area (Å²) in [7, 11) is 0. The van der Waals surface area contributed by atoms with E-state index >= 15 is 0 Å². The monoisotopic (exact) mass is 744 g/mol. The third-order valence-electron chi connectivity index (χ3n) is 11.8. The molecule has 2 nitrogen and oxygen atoms in total. The van der Waals surface area contributed by atoms with Gasteiger partial charge in [-0.3, -0.25) is 0 Å². The maximum absolute atomic E-state index is 5.12. The van der Waals surface area contributed by atoms with Crippen LogP contribution in [0.2, 0.25) is 0 Å². The van der Waals surface area contributed by atoms with Crippen molar-refractivity contribution in [3.63, 3.8) is 0 Å². The number of benzene rings is 8. The molecule has 1 aliphatic rings. The van der Waals surface area contributed by atoms with Crippen LogP contribution in [0.1, 0.15) is 23.6 Å². The molecule has 3 heteroatoms. The Labute approximate surface area is 336 Å². The normalized spacial score (nSPS) is 12.8. The zero-order valence-corrected chi connectivity index (χ0v) is 32.2. The molecule has 10 aromatic rings. The van der Waals surface area contributed by atoms with Crippen LogP contribution in [0, 0.1) is 0 Å². The quantitative estimate of drug-likeness (QED) is 0.169. The summed E-state index contributed by atoms with van der Waals surface area (Å²) in [6, 6.07) is 72.3. The van der Waals surface area contributed by atoms with Crippen molar-refractivity contribution < 1.29 is 0 Å². The molecule has 0 saturated carbocycles. The van der Waals surface area contributed by atoms with E-state index in [0.717, 1.165) is 28.1 Å². The fraction of sp³-hybridized carbons (Fsp3) is 0.0370. The molecule has 268 valence electrons. The van der Waals surface area contributed by atoms with Gasteiger partial charge in [-0.2, -0.15) is 0 Å². The average molecular weight is 745 g/mol. The summed E-state index contributed by atoms with van der Waals surface area (Å²) in [4.78, 5) is 10.2. The van der Waals surface area contributed by atoms with E-state index in [1.807, 2.05) is 29.5 Å². The van der Waals surface area contributed by atoms with Gasteiger partial charge in [0.1, 0.15) is 0 Å². The molecule has 0 bridgehead atoms. The molecule has 0 radical (unpaired) electrons. The van der Waals surface area contributed by atoms with Crippen molar-refractivity contribution in [2.24, 2.45) is 0 Å². The first-order chi connectivity index (χ1) is 28.1. The van der Waals surface area contributed by atoms with E-state index < -0.39 is 0 Å². The highest BCUT2D eigenvalue weighted by molar-refractivity contribution is 7.25. The Morgan fingerprint density at radius 3 is 1.54 bits per heavy atom. The molecular formula is C54H36N2S. The summed E-state index contributed by atoms with van der Waals surface area (Å²) in [6.07, 6.45) is 0. The number of thiophene rings is 1. The number of nitrogens with zero attached hydrogens (tertiary/aromatic N) is 2. The van der Waals surface area contributed by atoms with E-state index in [9.17, 15) is 0 Å². The summed E-state index contributed by atoms with van der Waals surface area (Å²) in [5.74, 6) is 0.712. The lowest BCUT2D eigenvalue weighted by atomic mass is 9.74. The largest absolute Gasteiger partial charge is 0.228 e. The smallest absolute Gasteiger partial charge is 0.160 e. The Bertz CT molecular complexity index is 3080. The Morgan fingerprint density at radius 2 is 0.877 bits per heavy atom. The zero-order valence-electron chi connectivity index (χ0n) is 31.4. The van der Waals surface area contributed by atoms with E-state index in [2.05, 4.69) is 189 Å². The molecule has 57 heavy (non-hydrogen) atoms. The first-order valence-corrected chi connectivity index (χ1v) is 20.3. The van der Waals surface area contributed by atoms with Gasteiger partial charge in [0.05, 0.1) is 11.4 Å². The van der Waals surface area contributed by atoms with E-state index in [1.165, 1.54) is 70.2 Å². The van der Waals surface area contributed by atoms with Crippen molar-refractivity contribution in [3.8, 4) is 67.3 Å². The molecule has 0 saturated heterocycles. The molecule has 0 spiro atoms. The van der Waals surface area contributed by atoms with Gasteiger partial charge in [0.2, 0.25) is 0 Å². The van der Waals surface area contributed by atoms with Crippen LogP contribution in [0.3, 0.4) is 0 Å². The van der Waals surface area contributed by atoms with Crippen molar-refractivity contribution in [3.05, 3.63) is 217 Å². The predicted octanol–water partition coefficient (Wildman–Crippen LogP) is 14.5. The van der Waals surface area contributed by atoms with E-state index in [-0.39, 0.29) is 5.41 Å². The van der Waals surface area contributed by atoms with E-state index in [0.29, 0.717) is 5.82 Å². The molecule has 8 aromatic carbocycles. The van der Waals surface area contributed by atoms with E-state index in [1.54, 1.807) is 0 Å². The molecule has 11 rings (SSSR count). The fourth-order valence-electron chi connectivity index (χ4n) is 8.81. The van der Waals surface area contributed by atoms with Gasteiger partial charge in [0.15, 0.2) is 5.82 Å². The highest BCUT2D eigenvalue weighted by Crippen LogP contribution is 2.52. The summed E-state index contributed by atoms with van der Waals surface area (Å²) < 4.78 is 2.64. The summed E-state index contributed by atoms with van der Waals surface area (Å²) >= 11 is 1.85. The Morgan fingerprint density at radius 1 is 0.368 bits per heavy atom. The minimum Gasteiger partial charge on any atom is -0.228 e. The molecule has 0 N–H and O–H groups in total. The molecule has 0 unspecified atom stereocenters. The topological polar surface area (TPSA) is 25.8 Å². The standard InChI is InChI=1S/C54H36N2S/c1-54(47-19-8-5-16-43(47)44-17-6-9-20-48(44)54)42-15-11-14-40(32-42)35-22-26-37(27-23-35)49-34-50(56-53(55-49)39-12-3-2-4-13-39)38-28-24-36(25-29-38)41-30-31-52-46(33-41)45-18-7-10-21-51(45)57-52/h2-34H,1H3. The molecule has 0 amide bonds. The summed E-state index contributed by atoms with van der Waals surface area (Å²) in [5.41, 5.74) is 16.1. The SMILES string of the molecule is CC1(c2cccc(-c3ccc(-c4cc(-c5ccc(-c6ccc7sc8ccccc8c7c6)cc5)nc(-c5ccccc5)n4)cc3)c2)c2ccccc2-c2ccccc21. The van der Waals surface area contributed by atoms with Crippen molar-refractivity contribution in [2.45, 2.75) is 12.3 Å². The molecule has 2 heterocycles. The Balaban J connectivity index is 0.937. The third-order valence-corrected chi connectivity index (χ3v) is 13.0. The van der Waals surface area contributed by atoms with Crippen LogP contribution in [0.5, 0.6) is 0 Å². The van der Waals surface area contributed by atoms with Gasteiger partial charge in [-0.1, -0.05) is 170 Å². The second kappa shape index (κ2) is 13.4. The lowest BCUT2D eigenvalue weighted by Gasteiger charge is -2.28. The van der Waals surface area contributed by atoms with Gasteiger partial charge >= 0.3 is 0 Å². The first-order valence-electron chi connectivity index (χ1n) is 19.5. The molecule has 0 aliphatic heterocycles. The minimum absolute atomic E-state index is 0.237. The molecule has 0 atom stereocenters. The molecule has 1 aliphatic carbocycles. The van der Waals surface area contributed by atoms with Crippen molar-refractivity contribution >= 4 is 31.5 Å². The van der Waals surface area contributed by atoms with Gasteiger partial charge in [0, 0.05) is 42.3 Å². The second-order valence-electron chi connectivity index (χ2n) is 15.1. The highest BCUT2D eigenvalue weighted by atomic mass is 32.1. The van der Waals surface area contributed by atoms with Crippen LogP contribution in [-0.2, 0) is 5.41 Å². The van der Waals surface area contributed by atoms with Crippen molar-refractivity contribution in [1.82, 2.24) is 9.97 Å². The zero-order chi connectivity index (χ0) is 37.9. The second-order valence-corrected chi connectivity index (χ2v) is 16.2. The van der Waals surface area contributed by atoms with Gasteiger partial charge < -0.3 is 0 Å². The molecule has 2 aromatic heterocycles. The number of hydrogen-bond donors (Lipinski definition) is 0. The number of rotatable bonds is 6. The summed E-state index contributed by atoms with van der Waals surface area (Å²) in [6.45, 7) is 2.37. The van der Waals surface area contributed by atoms with Gasteiger partial charge in [-0.25, -0.2) is 9.97 Å². The van der Waals surface area contributed by atoms with Crippen LogP contribution >= 0.6 is 11.3 Å². The fourth-order valence-corrected chi connectivity index (χ4v) is 9.89. The van der Waals surface area contributed by atoms with Crippen molar-refractivity contribution in [2.75, 3.05) is 0 Å². The van der Waals surface area contributed by atoms with Crippen LogP contribution in [0.25, 0.3) is 87.5 Å². The first kappa shape index (κ1) is 33.4. The minimum atomic E-state index is -0.237.